The van der Waals surface area contributed by atoms with Gasteiger partial charge in [0.15, 0.2) is 6.29 Å². The second-order valence-electron chi connectivity index (χ2n) is 7.70. The van der Waals surface area contributed by atoms with Gasteiger partial charge < -0.3 is 24.1 Å². The van der Waals surface area contributed by atoms with Crippen molar-refractivity contribution in [3.8, 4) is 5.75 Å². The van der Waals surface area contributed by atoms with Crippen LogP contribution in [0.3, 0.4) is 0 Å². The number of benzene rings is 1. The van der Waals surface area contributed by atoms with Gasteiger partial charge in [-0.2, -0.15) is 0 Å². The normalized spacial score (nSPS) is 25.6. The first kappa shape index (κ1) is 21.3. The maximum absolute atomic E-state index is 9.80. The Morgan fingerprint density at radius 3 is 2.64 bits per heavy atom. The van der Waals surface area contributed by atoms with Crippen molar-refractivity contribution in [3.05, 3.63) is 42.0 Å². The zero-order chi connectivity index (χ0) is 19.6. The Bertz CT molecular complexity index is 596. The van der Waals surface area contributed by atoms with Crippen LogP contribution >= 0.6 is 0 Å². The van der Waals surface area contributed by atoms with Gasteiger partial charge in [0.1, 0.15) is 5.75 Å². The largest absolute Gasteiger partial charge is 0.508 e. The van der Waals surface area contributed by atoms with E-state index in [-0.39, 0.29) is 18.0 Å². The molecule has 1 N–H and O–H groups in total. The molecule has 28 heavy (non-hydrogen) atoms. The van der Waals surface area contributed by atoms with Crippen LogP contribution in [0.5, 0.6) is 5.75 Å². The fraction of sp³-hybridized carbons (Fsp3) is 0.652. The summed E-state index contributed by atoms with van der Waals surface area (Å²) in [5.41, 5.74) is 1.05. The molecule has 3 rings (SSSR count). The van der Waals surface area contributed by atoms with E-state index in [9.17, 15) is 5.11 Å². The lowest BCUT2D eigenvalue weighted by molar-refractivity contribution is -0.0604. The number of unbranched alkanes of at least 4 members (excludes halogenated alkanes) is 1. The van der Waals surface area contributed by atoms with E-state index in [0.717, 1.165) is 44.1 Å². The molecule has 2 saturated heterocycles. The maximum atomic E-state index is 9.80. The van der Waals surface area contributed by atoms with Crippen LogP contribution in [-0.4, -0.2) is 50.0 Å². The summed E-state index contributed by atoms with van der Waals surface area (Å²) in [6.45, 7) is 4.83. The summed E-state index contributed by atoms with van der Waals surface area (Å²) in [7, 11) is 0. The topological polar surface area (TPSA) is 57.2 Å². The molecule has 0 radical (unpaired) electrons. The van der Waals surface area contributed by atoms with Gasteiger partial charge in [-0.1, -0.05) is 24.3 Å². The van der Waals surface area contributed by atoms with Crippen molar-refractivity contribution < 1.29 is 24.1 Å². The molecule has 0 aromatic heterocycles. The lowest BCUT2D eigenvalue weighted by atomic mass is 9.94. The molecule has 1 aromatic carbocycles. The predicted molar refractivity (Wildman–Crippen MR) is 109 cm³/mol. The molecule has 2 fully saturated rings. The first-order chi connectivity index (χ1) is 13.7. The molecule has 0 spiro atoms. The zero-order valence-electron chi connectivity index (χ0n) is 16.9. The Morgan fingerprint density at radius 1 is 1.04 bits per heavy atom. The molecular formula is C23H34O5. The highest BCUT2D eigenvalue weighted by atomic mass is 16.7. The van der Waals surface area contributed by atoms with Crippen LogP contribution in [0.2, 0.25) is 0 Å². The van der Waals surface area contributed by atoms with Gasteiger partial charge in [0.25, 0.3) is 0 Å². The predicted octanol–water partition coefficient (Wildman–Crippen LogP) is 4.55. The summed E-state index contributed by atoms with van der Waals surface area (Å²) < 4.78 is 23.0. The van der Waals surface area contributed by atoms with Gasteiger partial charge in [-0.05, 0) is 63.1 Å². The first-order valence-electron chi connectivity index (χ1n) is 10.6. The molecule has 2 heterocycles. The van der Waals surface area contributed by atoms with Crippen LogP contribution in [0.15, 0.2) is 36.4 Å². The minimum absolute atomic E-state index is 0.0984. The van der Waals surface area contributed by atoms with E-state index in [1.165, 1.54) is 0 Å². The van der Waals surface area contributed by atoms with Crippen LogP contribution in [0.4, 0.5) is 0 Å². The quantitative estimate of drug-likeness (QED) is 0.521. The molecule has 2 aliphatic heterocycles. The average molecular weight is 391 g/mol. The molecule has 3 unspecified atom stereocenters. The lowest BCUT2D eigenvalue weighted by Gasteiger charge is -2.24. The monoisotopic (exact) mass is 390 g/mol. The Balaban J connectivity index is 1.43. The highest BCUT2D eigenvalue weighted by Crippen LogP contribution is 2.31. The lowest BCUT2D eigenvalue weighted by Crippen LogP contribution is -2.24. The molecule has 0 bridgehead atoms. The molecular weight excluding hydrogens is 356 g/mol. The van der Waals surface area contributed by atoms with Gasteiger partial charge in [-0.15, -0.1) is 0 Å². The number of aromatic hydroxyl groups is 1. The molecule has 5 nitrogen and oxygen atoms in total. The highest BCUT2D eigenvalue weighted by Gasteiger charge is 2.27. The minimum atomic E-state index is -0.237. The maximum Gasteiger partial charge on any atom is 0.164 e. The molecule has 156 valence electrons. The first-order valence-corrected chi connectivity index (χ1v) is 10.6. The highest BCUT2D eigenvalue weighted by molar-refractivity contribution is 5.30. The van der Waals surface area contributed by atoms with Crippen molar-refractivity contribution >= 4 is 0 Å². The van der Waals surface area contributed by atoms with Gasteiger partial charge in [0.2, 0.25) is 0 Å². The Kier molecular flexibility index (Phi) is 8.80. The number of ether oxygens (including phenoxy) is 4. The van der Waals surface area contributed by atoms with E-state index in [4.69, 9.17) is 18.9 Å². The van der Waals surface area contributed by atoms with Crippen molar-refractivity contribution in [3.63, 3.8) is 0 Å². The van der Waals surface area contributed by atoms with E-state index in [0.29, 0.717) is 38.6 Å². The van der Waals surface area contributed by atoms with Gasteiger partial charge in [0, 0.05) is 5.92 Å². The summed E-state index contributed by atoms with van der Waals surface area (Å²) in [4.78, 5) is 0. The van der Waals surface area contributed by atoms with Crippen LogP contribution in [0.1, 0.15) is 56.9 Å². The number of phenols is 1. The second-order valence-corrected chi connectivity index (χ2v) is 7.70. The number of rotatable bonds is 8. The van der Waals surface area contributed by atoms with Crippen LogP contribution in [0, 0.1) is 0 Å². The van der Waals surface area contributed by atoms with Crippen molar-refractivity contribution in [2.45, 2.75) is 69.9 Å². The van der Waals surface area contributed by atoms with E-state index < -0.39 is 0 Å². The Labute approximate surface area is 168 Å². The van der Waals surface area contributed by atoms with Crippen molar-refractivity contribution in [1.29, 1.82) is 0 Å². The third kappa shape index (κ3) is 6.89. The summed E-state index contributed by atoms with van der Waals surface area (Å²) >= 11 is 0. The van der Waals surface area contributed by atoms with Crippen LogP contribution < -0.4 is 0 Å². The fourth-order valence-corrected chi connectivity index (χ4v) is 3.87. The van der Waals surface area contributed by atoms with E-state index >= 15 is 0 Å². The summed E-state index contributed by atoms with van der Waals surface area (Å²) in [5.74, 6) is 0.379. The molecule has 0 saturated carbocycles. The molecule has 2 aliphatic rings. The number of hydrogen-bond donors (Lipinski definition) is 1. The molecule has 0 aliphatic carbocycles. The summed E-state index contributed by atoms with van der Waals surface area (Å²) in [6.07, 6.45) is 11.2. The minimum Gasteiger partial charge on any atom is -0.508 e. The van der Waals surface area contributed by atoms with Crippen molar-refractivity contribution in [2.75, 3.05) is 26.4 Å². The number of phenolic OH excluding ortho intramolecular Hbond substituents is 1. The third-order valence-electron chi connectivity index (χ3n) is 5.46. The number of hydrogen-bond acceptors (Lipinski definition) is 5. The van der Waals surface area contributed by atoms with Gasteiger partial charge in [-0.3, -0.25) is 0 Å². The zero-order valence-corrected chi connectivity index (χ0v) is 16.9. The van der Waals surface area contributed by atoms with Gasteiger partial charge in [0.05, 0.1) is 38.6 Å². The average Bonchev–Trinajstić information content (AvgIpc) is 3.20. The molecule has 3 atom stereocenters. The molecule has 5 heteroatoms. The van der Waals surface area contributed by atoms with Crippen LogP contribution in [0.25, 0.3) is 0 Å². The van der Waals surface area contributed by atoms with Gasteiger partial charge in [-0.25, -0.2) is 0 Å². The number of allylic oxidation sites excluding steroid dienone is 2. The molecule has 1 aromatic rings. The smallest absolute Gasteiger partial charge is 0.164 e. The Morgan fingerprint density at radius 2 is 1.82 bits per heavy atom. The van der Waals surface area contributed by atoms with Crippen molar-refractivity contribution in [1.82, 2.24) is 0 Å². The SMILES string of the molecule is CC1CCC(CCCC=CCC(c2cccc(O)c2)C2OCCO2)OCCO1. The van der Waals surface area contributed by atoms with E-state index in [1.54, 1.807) is 12.1 Å². The van der Waals surface area contributed by atoms with Gasteiger partial charge >= 0.3 is 0 Å². The summed E-state index contributed by atoms with van der Waals surface area (Å²) in [6, 6.07) is 7.40. The summed E-state index contributed by atoms with van der Waals surface area (Å²) in [5, 5.41) is 9.80. The third-order valence-corrected chi connectivity index (χ3v) is 5.46. The Hall–Kier alpha value is -1.40. The second kappa shape index (κ2) is 11.6. The standard InChI is InChI=1S/C23H34O5/c1-18-11-12-21(26-14-13-25-18)9-4-2-3-5-10-22(23-27-15-16-28-23)19-7-6-8-20(24)17-19/h3,5-8,17-18,21-24H,2,4,9-16H2,1H3. The van der Waals surface area contributed by atoms with Crippen LogP contribution in [-0.2, 0) is 18.9 Å². The van der Waals surface area contributed by atoms with E-state index in [1.807, 2.05) is 12.1 Å². The van der Waals surface area contributed by atoms with E-state index in [2.05, 4.69) is 19.1 Å². The van der Waals surface area contributed by atoms with Crippen molar-refractivity contribution in [2.24, 2.45) is 0 Å². The molecule has 0 amide bonds. The fourth-order valence-electron chi connectivity index (χ4n) is 3.87.